The van der Waals surface area contributed by atoms with E-state index in [-0.39, 0.29) is 106 Å². The molecule has 22 nitrogen and oxygen atoms in total. The monoisotopic (exact) mass is 1180 g/mol. The number of fused-ring (bicyclic) bond motifs is 2. The number of hydrogen-bond donors (Lipinski definition) is 5. The highest BCUT2D eigenvalue weighted by atomic mass is 32.2. The van der Waals surface area contributed by atoms with Crippen LogP contribution in [0.3, 0.4) is 0 Å². The number of aromatic nitrogens is 5. The Balaban J connectivity index is 1.48. The Morgan fingerprint density at radius 2 is 1.21 bits per heavy atom. The van der Waals surface area contributed by atoms with E-state index in [1.807, 2.05) is 34.6 Å². The summed E-state index contributed by atoms with van der Waals surface area (Å²) in [7, 11) is -19.0. The van der Waals surface area contributed by atoms with Crippen LogP contribution in [-0.4, -0.2) is 76.6 Å². The Morgan fingerprint density at radius 1 is 0.667 bits per heavy atom. The lowest BCUT2D eigenvalue weighted by molar-refractivity contribution is 0.479. The molecule has 4 heterocycles. The molecule has 8 rings (SSSR count). The van der Waals surface area contributed by atoms with Crippen molar-refractivity contribution in [3.05, 3.63) is 105 Å². The third-order valence-corrected chi connectivity index (χ3v) is 18.6. The highest BCUT2D eigenvalue weighted by Crippen LogP contribution is 2.48. The minimum atomic E-state index is -4.89. The van der Waals surface area contributed by atoms with Gasteiger partial charge in [-0.1, -0.05) is 83.3 Å². The van der Waals surface area contributed by atoms with E-state index in [1.54, 1.807) is 57.7 Å². The summed E-state index contributed by atoms with van der Waals surface area (Å²) in [5.41, 5.74) is 3.10. The molecule has 410 valence electrons. The van der Waals surface area contributed by atoms with Crippen molar-refractivity contribution in [3.63, 3.8) is 0 Å². The topological polar surface area (TPSA) is 338 Å². The largest absolute Gasteiger partial charge is 0.338 e. The van der Waals surface area contributed by atoms with Gasteiger partial charge in [0.25, 0.3) is 40.5 Å². The number of rotatable bonds is 16. The minimum Gasteiger partial charge on any atom is -0.338 e. The molecule has 0 unspecified atom stereocenters. The van der Waals surface area contributed by atoms with Crippen molar-refractivity contribution in [2.24, 2.45) is 10.2 Å². The number of aryl methyl sites for hydroxylation is 5. The molecule has 5 N–H and O–H groups in total. The zero-order valence-corrected chi connectivity index (χ0v) is 48.5. The molecule has 0 saturated carbocycles. The fourth-order valence-electron chi connectivity index (χ4n) is 9.30. The second-order valence-electron chi connectivity index (χ2n) is 19.1. The van der Waals surface area contributed by atoms with Crippen LogP contribution < -0.4 is 10.2 Å². The van der Waals surface area contributed by atoms with E-state index in [2.05, 4.69) is 21.5 Å². The number of azo groups is 1. The van der Waals surface area contributed by atoms with Crippen LogP contribution >= 0.6 is 22.7 Å². The van der Waals surface area contributed by atoms with Crippen molar-refractivity contribution in [3.8, 4) is 11.2 Å². The summed E-state index contributed by atoms with van der Waals surface area (Å²) in [6, 6.07) is 14.7. The lowest BCUT2D eigenvalue weighted by Crippen LogP contribution is -2.19. The van der Waals surface area contributed by atoms with E-state index < -0.39 is 50.8 Å². The van der Waals surface area contributed by atoms with Gasteiger partial charge >= 0.3 is 0 Å². The Morgan fingerprint density at radius 3 is 1.72 bits per heavy atom. The van der Waals surface area contributed by atoms with Gasteiger partial charge in [-0.25, -0.2) is 15.0 Å². The number of nitriles is 1. The van der Waals surface area contributed by atoms with Crippen LogP contribution in [0.1, 0.15) is 98.7 Å². The highest BCUT2D eigenvalue weighted by molar-refractivity contribution is 7.86. The van der Waals surface area contributed by atoms with E-state index >= 15 is 0 Å². The molecule has 0 spiro atoms. The molecule has 0 radical (unpaired) electrons. The molecule has 78 heavy (non-hydrogen) atoms. The first-order valence-electron chi connectivity index (χ1n) is 23.9. The summed E-state index contributed by atoms with van der Waals surface area (Å²) < 4.78 is 145. The predicted octanol–water partition coefficient (Wildman–Crippen LogP) is 11.4. The number of benzene rings is 4. The average Bonchev–Trinajstić information content (AvgIpc) is 4.07. The normalized spacial score (nSPS) is 12.8. The molecule has 8 aromatic rings. The van der Waals surface area contributed by atoms with Gasteiger partial charge in [0.2, 0.25) is 5.13 Å². The Kier molecular flexibility index (Phi) is 15.4. The van der Waals surface area contributed by atoms with Gasteiger partial charge in [-0.2, -0.15) is 48.7 Å². The Bertz CT molecular complexity index is 4350. The quantitative estimate of drug-likeness (QED) is 0.0443. The van der Waals surface area contributed by atoms with Crippen LogP contribution in [-0.2, 0) is 71.6 Å². The number of pyridine rings is 1. The summed E-state index contributed by atoms with van der Waals surface area (Å²) in [6.07, 6.45) is 0.785. The standard InChI is InChI=1S/C50H52N10O12S6/c1-11-28-19-26(6)43(77(67,68)69)32(13-3)41(28)55-46-40(56-57-47-34(24-51)45(50(8,9)10)58-60(47)49-53-36-18-16-31(76(64,65)66)23-38(36)74-49)25(5)21-39(54-46)59(48-52-35-17-15-30(75(61,62)63)22-37(35)73-48)42-29(12-2)20-27(7)44(33(42)14-4)78(70,71)72/h15-23H,11-14H2,1-10H3,(H,54,55)(H,61,62,63)(H,64,65,66)(H,67,68,69)(H,70,71,72)/b57-56+. The van der Waals surface area contributed by atoms with Crippen LogP contribution in [0.15, 0.2) is 84.4 Å². The molecule has 0 fully saturated rings. The number of anilines is 5. The maximum Gasteiger partial charge on any atom is 0.295 e. The third kappa shape index (κ3) is 10.9. The first-order chi connectivity index (χ1) is 36.3. The Hall–Kier alpha value is -6.65. The van der Waals surface area contributed by atoms with Gasteiger partial charge in [0.05, 0.1) is 41.6 Å². The minimum absolute atomic E-state index is 0.00566. The van der Waals surface area contributed by atoms with Crippen molar-refractivity contribution in [2.75, 3.05) is 10.2 Å². The zero-order chi connectivity index (χ0) is 57.4. The number of thiazole rings is 2. The SMILES string of the molecule is CCc1cc(C)c(S(=O)(=O)O)c(CC)c1Nc1nc(N(c2nc3ccc(S(=O)(=O)O)cc3s2)c2c(CC)cc(C)c(S(=O)(=O)O)c2CC)cc(C)c1/N=N/c1c(C#N)c(C(C)(C)C)nn1-c1nc2ccc(S(=O)(=O)O)cc2s1. The van der Waals surface area contributed by atoms with Gasteiger partial charge in [-0.3, -0.25) is 23.1 Å². The maximum absolute atomic E-state index is 13.3. The number of hydrogen-bond acceptors (Lipinski definition) is 19. The molecule has 0 aliphatic carbocycles. The van der Waals surface area contributed by atoms with Crippen molar-refractivity contribution >= 4 is 123 Å². The molecule has 0 aliphatic rings. The lowest BCUT2D eigenvalue weighted by Gasteiger charge is -2.29. The van der Waals surface area contributed by atoms with Crippen molar-refractivity contribution in [2.45, 2.75) is 120 Å². The number of nitrogens with one attached hydrogen (secondary N) is 1. The van der Waals surface area contributed by atoms with Crippen LogP contribution in [0.25, 0.3) is 25.6 Å². The van der Waals surface area contributed by atoms with Crippen LogP contribution in [0.5, 0.6) is 0 Å². The van der Waals surface area contributed by atoms with E-state index in [0.29, 0.717) is 50.1 Å². The summed E-state index contributed by atoms with van der Waals surface area (Å²) in [5.74, 6) is -0.136. The van der Waals surface area contributed by atoms with E-state index in [4.69, 9.17) is 20.2 Å². The summed E-state index contributed by atoms with van der Waals surface area (Å²) in [5, 5.41) is 28.6. The van der Waals surface area contributed by atoms with Crippen LogP contribution in [0, 0.1) is 32.1 Å². The molecular formula is C50H52N10O12S6. The predicted molar refractivity (Wildman–Crippen MR) is 297 cm³/mol. The fourth-order valence-corrected chi connectivity index (χ4v) is 14.5. The van der Waals surface area contributed by atoms with Gasteiger partial charge in [-0.15, -0.1) is 10.2 Å². The molecule has 0 atom stereocenters. The fraction of sp³-hybridized carbons (Fsp3) is 0.300. The smallest absolute Gasteiger partial charge is 0.295 e. The van der Waals surface area contributed by atoms with Crippen molar-refractivity contribution < 1.29 is 51.9 Å². The number of nitrogens with zero attached hydrogens (tertiary/aromatic N) is 9. The highest BCUT2D eigenvalue weighted by Gasteiger charge is 2.33. The van der Waals surface area contributed by atoms with Crippen LogP contribution in [0.2, 0.25) is 0 Å². The van der Waals surface area contributed by atoms with E-state index in [0.717, 1.165) is 22.7 Å². The van der Waals surface area contributed by atoms with Crippen molar-refractivity contribution in [1.82, 2.24) is 24.7 Å². The summed E-state index contributed by atoms with van der Waals surface area (Å²) >= 11 is 1.98. The zero-order valence-electron chi connectivity index (χ0n) is 43.6. The second kappa shape index (κ2) is 20.9. The first-order valence-corrected chi connectivity index (χ1v) is 31.3. The molecule has 0 bridgehead atoms. The maximum atomic E-state index is 13.3. The van der Waals surface area contributed by atoms with E-state index in [9.17, 15) is 57.1 Å². The van der Waals surface area contributed by atoms with Crippen LogP contribution in [0.4, 0.5) is 39.6 Å². The molecular weight excluding hydrogens is 1130 g/mol. The van der Waals surface area contributed by atoms with Gasteiger partial charge in [0.15, 0.2) is 16.8 Å². The Labute approximate surface area is 458 Å². The molecule has 0 amide bonds. The van der Waals surface area contributed by atoms with Gasteiger partial charge in [-0.05, 0) is 128 Å². The molecule has 0 aliphatic heterocycles. The van der Waals surface area contributed by atoms with Gasteiger partial charge < -0.3 is 5.32 Å². The molecule has 4 aromatic heterocycles. The summed E-state index contributed by atoms with van der Waals surface area (Å²) in [4.78, 5) is 14.8. The van der Waals surface area contributed by atoms with E-state index in [1.165, 1.54) is 41.1 Å². The van der Waals surface area contributed by atoms with Crippen molar-refractivity contribution in [1.29, 1.82) is 5.26 Å². The molecule has 4 aromatic carbocycles. The average molecular weight is 1180 g/mol. The molecule has 28 heteroatoms. The lowest BCUT2D eigenvalue weighted by atomic mass is 9.90. The van der Waals surface area contributed by atoms with Gasteiger partial charge in [0, 0.05) is 11.1 Å². The summed E-state index contributed by atoms with van der Waals surface area (Å²) in [6.45, 7) is 17.4. The third-order valence-electron chi connectivity index (χ3n) is 12.7. The first kappa shape index (κ1) is 57.5. The molecule has 0 saturated heterocycles. The second-order valence-corrected chi connectivity index (χ2v) is 26.7. The van der Waals surface area contributed by atoms with Gasteiger partial charge in [0.1, 0.15) is 32.9 Å².